The van der Waals surface area contributed by atoms with Crippen molar-refractivity contribution in [3.8, 4) is 0 Å². The molecule has 0 spiro atoms. The van der Waals surface area contributed by atoms with E-state index < -0.39 is 23.7 Å². The number of hydrogen-bond donors (Lipinski definition) is 1. The highest BCUT2D eigenvalue weighted by molar-refractivity contribution is 6.08. The van der Waals surface area contributed by atoms with Crippen LogP contribution in [-0.4, -0.2) is 30.8 Å². The molecule has 0 aliphatic heterocycles. The standard InChI is InChI=1S/C24H20FNO4/c1-30-24(29)21(26-23(28)19-9-5-6-10-20(19)25)15-16-11-13-18(14-12-16)22(27)17-7-3-2-4-8-17/h2-14,21H,15H2,1H3,(H,26,28)/t21-/m0/s1. The van der Waals surface area contributed by atoms with E-state index in [1.54, 1.807) is 48.5 Å². The normalized spacial score (nSPS) is 11.4. The molecule has 0 aliphatic rings. The predicted molar refractivity (Wildman–Crippen MR) is 110 cm³/mol. The van der Waals surface area contributed by atoms with Gasteiger partial charge in [-0.15, -0.1) is 0 Å². The molecule has 1 atom stereocenters. The van der Waals surface area contributed by atoms with E-state index in [1.807, 2.05) is 6.07 Å². The highest BCUT2D eigenvalue weighted by Crippen LogP contribution is 2.13. The van der Waals surface area contributed by atoms with Crippen LogP contribution in [0.2, 0.25) is 0 Å². The molecule has 1 N–H and O–H groups in total. The highest BCUT2D eigenvalue weighted by Gasteiger charge is 2.24. The average Bonchev–Trinajstić information content (AvgIpc) is 2.79. The minimum atomic E-state index is -1.00. The summed E-state index contributed by atoms with van der Waals surface area (Å²) in [6.07, 6.45) is 0.132. The Morgan fingerprint density at radius 3 is 2.10 bits per heavy atom. The molecular weight excluding hydrogens is 385 g/mol. The minimum absolute atomic E-state index is 0.112. The van der Waals surface area contributed by atoms with Gasteiger partial charge in [0.2, 0.25) is 0 Å². The molecule has 1 amide bonds. The number of ether oxygens (including phenoxy) is 1. The lowest BCUT2D eigenvalue weighted by molar-refractivity contribution is -0.142. The maximum absolute atomic E-state index is 13.9. The van der Waals surface area contributed by atoms with E-state index in [0.29, 0.717) is 16.7 Å². The lowest BCUT2D eigenvalue weighted by Gasteiger charge is -2.17. The number of rotatable bonds is 7. The third kappa shape index (κ3) is 4.97. The Morgan fingerprint density at radius 2 is 1.47 bits per heavy atom. The molecule has 152 valence electrons. The van der Waals surface area contributed by atoms with Crippen LogP contribution >= 0.6 is 0 Å². The number of hydrogen-bond acceptors (Lipinski definition) is 4. The van der Waals surface area contributed by atoms with Gasteiger partial charge in [0.25, 0.3) is 5.91 Å². The second kappa shape index (κ2) is 9.60. The molecule has 0 saturated carbocycles. The van der Waals surface area contributed by atoms with E-state index in [9.17, 15) is 18.8 Å². The molecule has 30 heavy (non-hydrogen) atoms. The van der Waals surface area contributed by atoms with Crippen LogP contribution in [0.1, 0.15) is 31.8 Å². The first-order chi connectivity index (χ1) is 14.5. The number of esters is 1. The van der Waals surface area contributed by atoms with Gasteiger partial charge in [0, 0.05) is 17.5 Å². The third-order valence-electron chi connectivity index (χ3n) is 4.60. The fraction of sp³-hybridized carbons (Fsp3) is 0.125. The van der Waals surface area contributed by atoms with Crippen LogP contribution in [-0.2, 0) is 16.0 Å². The molecule has 0 heterocycles. The first-order valence-electron chi connectivity index (χ1n) is 9.31. The molecule has 5 nitrogen and oxygen atoms in total. The zero-order chi connectivity index (χ0) is 21.5. The second-order valence-electron chi connectivity index (χ2n) is 6.63. The SMILES string of the molecule is COC(=O)[C@H](Cc1ccc(C(=O)c2ccccc2)cc1)NC(=O)c1ccccc1F. The predicted octanol–water partition coefficient (Wildman–Crippen LogP) is 3.57. The van der Waals surface area contributed by atoms with Gasteiger partial charge in [0.1, 0.15) is 11.9 Å². The summed E-state index contributed by atoms with van der Waals surface area (Å²) < 4.78 is 18.6. The van der Waals surface area contributed by atoms with Crippen molar-refractivity contribution >= 4 is 17.7 Å². The van der Waals surface area contributed by atoms with Crippen molar-refractivity contribution in [3.63, 3.8) is 0 Å². The number of amides is 1. The van der Waals surface area contributed by atoms with Crippen molar-refractivity contribution in [3.05, 3.63) is 107 Å². The Balaban J connectivity index is 1.74. The Labute approximate surface area is 173 Å². The van der Waals surface area contributed by atoms with Gasteiger partial charge >= 0.3 is 5.97 Å². The van der Waals surface area contributed by atoms with E-state index in [1.165, 1.54) is 31.4 Å². The average molecular weight is 405 g/mol. The summed E-state index contributed by atoms with van der Waals surface area (Å²) >= 11 is 0. The van der Waals surface area contributed by atoms with Gasteiger partial charge in [-0.25, -0.2) is 9.18 Å². The van der Waals surface area contributed by atoms with Gasteiger partial charge in [-0.1, -0.05) is 66.7 Å². The Hall–Kier alpha value is -3.80. The summed E-state index contributed by atoms with van der Waals surface area (Å²) in [6, 6.07) is 20.2. The van der Waals surface area contributed by atoms with Crippen LogP contribution in [0.25, 0.3) is 0 Å². The third-order valence-corrected chi connectivity index (χ3v) is 4.60. The van der Waals surface area contributed by atoms with E-state index in [0.717, 1.165) is 0 Å². The number of ketones is 1. The molecule has 0 saturated heterocycles. The molecule has 0 fully saturated rings. The first kappa shape index (κ1) is 20.9. The van der Waals surface area contributed by atoms with Gasteiger partial charge in [0.05, 0.1) is 12.7 Å². The maximum Gasteiger partial charge on any atom is 0.328 e. The fourth-order valence-electron chi connectivity index (χ4n) is 3.00. The number of methoxy groups -OCH3 is 1. The molecule has 6 heteroatoms. The van der Waals surface area contributed by atoms with Gasteiger partial charge < -0.3 is 10.1 Å². The number of halogens is 1. The van der Waals surface area contributed by atoms with Crippen molar-refractivity contribution in [1.29, 1.82) is 0 Å². The van der Waals surface area contributed by atoms with Crippen LogP contribution in [0.15, 0.2) is 78.9 Å². The summed E-state index contributed by atoms with van der Waals surface area (Å²) in [5.74, 6) is -2.15. The van der Waals surface area contributed by atoms with Crippen LogP contribution in [0.5, 0.6) is 0 Å². The molecule has 0 unspecified atom stereocenters. The van der Waals surface area contributed by atoms with Gasteiger partial charge in [-0.3, -0.25) is 9.59 Å². The first-order valence-corrected chi connectivity index (χ1v) is 9.31. The Bertz CT molecular complexity index is 1050. The summed E-state index contributed by atoms with van der Waals surface area (Å²) in [7, 11) is 1.21. The van der Waals surface area contributed by atoms with Crippen molar-refractivity contribution in [2.45, 2.75) is 12.5 Å². The summed E-state index contributed by atoms with van der Waals surface area (Å²) in [6.45, 7) is 0. The number of carbonyl (C=O) groups is 3. The van der Waals surface area contributed by atoms with E-state index in [-0.39, 0.29) is 17.8 Å². The molecule has 0 radical (unpaired) electrons. The smallest absolute Gasteiger partial charge is 0.328 e. The topological polar surface area (TPSA) is 72.5 Å². The quantitative estimate of drug-likeness (QED) is 0.482. The maximum atomic E-state index is 13.9. The monoisotopic (exact) mass is 405 g/mol. The molecular formula is C24H20FNO4. The van der Waals surface area contributed by atoms with Crippen molar-refractivity contribution in [1.82, 2.24) is 5.32 Å². The van der Waals surface area contributed by atoms with Crippen molar-refractivity contribution in [2.75, 3.05) is 7.11 Å². The second-order valence-corrected chi connectivity index (χ2v) is 6.63. The van der Waals surface area contributed by atoms with Crippen molar-refractivity contribution < 1.29 is 23.5 Å². The van der Waals surface area contributed by atoms with Crippen LogP contribution in [0.4, 0.5) is 4.39 Å². The van der Waals surface area contributed by atoms with Crippen LogP contribution in [0, 0.1) is 5.82 Å². The molecule has 0 aliphatic carbocycles. The molecule has 3 aromatic rings. The molecule has 0 bridgehead atoms. The molecule has 0 aromatic heterocycles. The zero-order valence-electron chi connectivity index (χ0n) is 16.3. The van der Waals surface area contributed by atoms with E-state index >= 15 is 0 Å². The minimum Gasteiger partial charge on any atom is -0.467 e. The molecule has 3 aromatic carbocycles. The largest absolute Gasteiger partial charge is 0.467 e. The molecule has 3 rings (SSSR count). The van der Waals surface area contributed by atoms with E-state index in [2.05, 4.69) is 5.32 Å². The summed E-state index contributed by atoms with van der Waals surface area (Å²) in [5.41, 5.74) is 1.64. The van der Waals surface area contributed by atoms with Crippen molar-refractivity contribution in [2.24, 2.45) is 0 Å². The lowest BCUT2D eigenvalue weighted by Crippen LogP contribution is -2.43. The van der Waals surface area contributed by atoms with Crippen LogP contribution in [0.3, 0.4) is 0 Å². The Morgan fingerprint density at radius 1 is 0.867 bits per heavy atom. The number of benzene rings is 3. The summed E-state index contributed by atoms with van der Waals surface area (Å²) in [5, 5.41) is 2.52. The highest BCUT2D eigenvalue weighted by atomic mass is 19.1. The fourth-order valence-corrected chi connectivity index (χ4v) is 3.00. The number of carbonyl (C=O) groups excluding carboxylic acids is 3. The van der Waals surface area contributed by atoms with Gasteiger partial charge in [-0.2, -0.15) is 0 Å². The number of nitrogens with one attached hydrogen (secondary N) is 1. The van der Waals surface area contributed by atoms with Gasteiger partial charge in [0.15, 0.2) is 5.78 Å². The summed E-state index contributed by atoms with van der Waals surface area (Å²) in [4.78, 5) is 37.0. The van der Waals surface area contributed by atoms with Crippen LogP contribution < -0.4 is 5.32 Å². The van der Waals surface area contributed by atoms with E-state index in [4.69, 9.17) is 4.74 Å². The lowest BCUT2D eigenvalue weighted by atomic mass is 9.99. The van der Waals surface area contributed by atoms with Gasteiger partial charge in [-0.05, 0) is 17.7 Å². The zero-order valence-corrected chi connectivity index (χ0v) is 16.3. The Kier molecular flexibility index (Phi) is 6.70.